The molecule has 2 fully saturated rings. The molecule has 1 aromatic rings. The summed E-state index contributed by atoms with van der Waals surface area (Å²) in [4.78, 5) is 25.5. The van der Waals surface area contributed by atoms with Crippen molar-refractivity contribution in [1.82, 2.24) is 0 Å². The second-order valence-electron chi connectivity index (χ2n) is 13.8. The van der Waals surface area contributed by atoms with E-state index in [1.807, 2.05) is 39.9 Å². The van der Waals surface area contributed by atoms with Crippen molar-refractivity contribution in [1.29, 1.82) is 0 Å². The molecule has 1 saturated carbocycles. The van der Waals surface area contributed by atoms with Crippen molar-refractivity contribution in [3.05, 3.63) is 53.8 Å². The predicted octanol–water partition coefficient (Wildman–Crippen LogP) is 1.37. The molecular weight excluding hydrogens is 620 g/mol. The molecule has 0 amide bonds. The van der Waals surface area contributed by atoms with Crippen LogP contribution in [0.2, 0.25) is 18.1 Å². The van der Waals surface area contributed by atoms with Crippen LogP contribution in [-0.4, -0.2) is 114 Å². The molecule has 256 valence electrons. The first-order chi connectivity index (χ1) is 21.3. The monoisotopic (exact) mass is 666 g/mol. The van der Waals surface area contributed by atoms with Crippen molar-refractivity contribution >= 4 is 26.3 Å². The highest BCUT2D eigenvalue weighted by molar-refractivity contribution is 6.74. The maximum absolute atomic E-state index is 12.8. The average Bonchev–Trinajstić information content (AvgIpc) is 3.19. The lowest BCUT2D eigenvalue weighted by Gasteiger charge is -2.46. The maximum atomic E-state index is 12.8. The van der Waals surface area contributed by atoms with Crippen molar-refractivity contribution in [3.63, 3.8) is 0 Å². The van der Waals surface area contributed by atoms with Crippen molar-refractivity contribution < 1.29 is 63.2 Å². The number of ether oxygens (including phenoxy) is 5. The first-order valence-electron chi connectivity index (χ1n) is 15.2. The Bertz CT molecular complexity index is 1310. The van der Waals surface area contributed by atoms with Gasteiger partial charge in [0.2, 0.25) is 6.29 Å². The maximum Gasteiger partial charge on any atom is 0.339 e. The van der Waals surface area contributed by atoms with Gasteiger partial charge in [-0.3, -0.25) is 0 Å². The molecule has 3 aliphatic rings. The van der Waals surface area contributed by atoms with Crippen LogP contribution in [0.1, 0.15) is 39.7 Å². The molecule has 0 aromatic heterocycles. The zero-order valence-electron chi connectivity index (χ0n) is 27.2. The number of methoxy groups -OCH3 is 1. The third kappa shape index (κ3) is 7.10. The number of aliphatic hydroxyl groups excluding tert-OH is 3. The van der Waals surface area contributed by atoms with Gasteiger partial charge in [-0.25, -0.2) is 9.59 Å². The van der Waals surface area contributed by atoms with Gasteiger partial charge in [0, 0.05) is 12.5 Å². The lowest BCUT2D eigenvalue weighted by atomic mass is 9.77. The standard InChI is InChI=1S/C32H46O13Si/c1-30(2,3)46(6,7)42-17-20-23(34)24(35)25(36)28(43-20)45-29-26-31(4,38)21(15-32(26,39)19(16-41-29)27(37)40-5)44-22(33)14-13-18-11-9-8-10-12-18/h8-14,16,20-21,23-26,28-29,34-36,38-39H,15,17H2,1-7H3/b14-13+/t20-,21-,23-,24+,25-,26+,28+,29-,31-,32-/m0/s1. The van der Waals surface area contributed by atoms with E-state index in [1.54, 1.807) is 24.3 Å². The fourth-order valence-corrected chi connectivity index (χ4v) is 6.73. The van der Waals surface area contributed by atoms with E-state index in [0.29, 0.717) is 0 Å². The van der Waals surface area contributed by atoms with E-state index in [0.717, 1.165) is 18.9 Å². The number of hydrogen-bond donors (Lipinski definition) is 5. The van der Waals surface area contributed by atoms with Crippen LogP contribution in [0.4, 0.5) is 0 Å². The highest BCUT2D eigenvalue weighted by atomic mass is 28.4. The molecule has 0 spiro atoms. The highest BCUT2D eigenvalue weighted by Crippen LogP contribution is 2.53. The number of esters is 2. The smallest absolute Gasteiger partial charge is 0.339 e. The lowest BCUT2D eigenvalue weighted by Crippen LogP contribution is -2.63. The fourth-order valence-electron chi connectivity index (χ4n) is 5.71. The zero-order chi connectivity index (χ0) is 34.2. The van der Waals surface area contributed by atoms with E-state index < -0.39 is 86.9 Å². The molecule has 1 saturated heterocycles. The van der Waals surface area contributed by atoms with Gasteiger partial charge in [-0.15, -0.1) is 0 Å². The summed E-state index contributed by atoms with van der Waals surface area (Å²) in [5.41, 5.74) is -3.86. The normalized spacial score (nSPS) is 36.5. The van der Waals surface area contributed by atoms with Crippen LogP contribution in [0, 0.1) is 5.92 Å². The number of aliphatic hydroxyl groups is 5. The number of hydrogen-bond acceptors (Lipinski definition) is 13. The van der Waals surface area contributed by atoms with E-state index in [1.165, 1.54) is 19.1 Å². The summed E-state index contributed by atoms with van der Waals surface area (Å²) in [7, 11) is -1.20. The summed E-state index contributed by atoms with van der Waals surface area (Å²) < 4.78 is 34.1. The van der Waals surface area contributed by atoms with Crippen molar-refractivity contribution in [2.24, 2.45) is 5.92 Å². The second-order valence-corrected chi connectivity index (χ2v) is 18.6. The molecule has 0 unspecified atom stereocenters. The van der Waals surface area contributed by atoms with Gasteiger partial charge in [0.1, 0.15) is 47.3 Å². The van der Waals surface area contributed by atoms with Gasteiger partial charge in [-0.1, -0.05) is 51.1 Å². The Balaban J connectivity index is 1.58. The molecule has 10 atom stereocenters. The van der Waals surface area contributed by atoms with Gasteiger partial charge in [0.25, 0.3) is 0 Å². The Morgan fingerprint density at radius 2 is 1.70 bits per heavy atom. The topological polar surface area (TPSA) is 191 Å². The van der Waals surface area contributed by atoms with Crippen molar-refractivity contribution in [3.8, 4) is 0 Å². The SMILES string of the molecule is COC(=O)C1=CO[C@@H](O[C@H]2O[C@@H](CO[Si](C)(C)C(C)(C)C)[C@H](O)[C@@H](O)[C@@H]2O)[C@@H]2[C@@](C)(O)[C@@H](OC(=O)/C=C/c3ccccc3)C[C@]12O. The number of benzene rings is 1. The summed E-state index contributed by atoms with van der Waals surface area (Å²) in [6.07, 6.45) is -7.51. The van der Waals surface area contributed by atoms with Crippen LogP contribution < -0.4 is 0 Å². The Labute approximate surface area is 269 Å². The van der Waals surface area contributed by atoms with Crippen molar-refractivity contribution in [2.75, 3.05) is 13.7 Å². The summed E-state index contributed by atoms with van der Waals surface area (Å²) in [6, 6.07) is 8.97. The molecule has 1 aromatic carbocycles. The minimum absolute atomic E-state index is 0.112. The number of fused-ring (bicyclic) bond motifs is 1. The molecule has 14 heteroatoms. The van der Waals surface area contributed by atoms with Gasteiger partial charge in [0.05, 0.1) is 25.9 Å². The zero-order valence-corrected chi connectivity index (χ0v) is 28.2. The highest BCUT2D eigenvalue weighted by Gasteiger charge is 2.69. The molecule has 13 nitrogen and oxygen atoms in total. The Hall–Kier alpha value is -2.66. The fraction of sp³-hybridized carbons (Fsp3) is 0.625. The lowest BCUT2D eigenvalue weighted by molar-refractivity contribution is -0.351. The van der Waals surface area contributed by atoms with Crippen LogP contribution >= 0.6 is 0 Å². The molecule has 1 aliphatic carbocycles. The largest absolute Gasteiger partial charge is 0.471 e. The summed E-state index contributed by atoms with van der Waals surface area (Å²) in [5, 5.41) is 55.8. The van der Waals surface area contributed by atoms with Gasteiger partial charge < -0.3 is 53.6 Å². The Kier molecular flexibility index (Phi) is 10.6. The first kappa shape index (κ1) is 36.2. The van der Waals surface area contributed by atoms with Crippen LogP contribution in [-0.2, 0) is 37.7 Å². The van der Waals surface area contributed by atoms with Gasteiger partial charge in [0.15, 0.2) is 14.6 Å². The number of carbonyl (C=O) groups is 2. The molecule has 4 rings (SSSR count). The Morgan fingerprint density at radius 1 is 1.04 bits per heavy atom. The minimum Gasteiger partial charge on any atom is -0.471 e. The first-order valence-corrected chi connectivity index (χ1v) is 18.1. The van der Waals surface area contributed by atoms with Crippen molar-refractivity contribution in [2.45, 2.75) is 107 Å². The minimum atomic E-state index is -2.30. The van der Waals surface area contributed by atoms with Crippen LogP contribution in [0.3, 0.4) is 0 Å². The molecule has 0 radical (unpaired) electrons. The van der Waals surface area contributed by atoms with E-state index in [2.05, 4.69) is 0 Å². The van der Waals surface area contributed by atoms with Crippen LogP contribution in [0.15, 0.2) is 48.2 Å². The quantitative estimate of drug-likeness (QED) is 0.144. The second kappa shape index (κ2) is 13.5. The van der Waals surface area contributed by atoms with Gasteiger partial charge >= 0.3 is 11.9 Å². The third-order valence-corrected chi connectivity index (χ3v) is 14.1. The summed E-state index contributed by atoms with van der Waals surface area (Å²) in [5.74, 6) is -3.25. The van der Waals surface area contributed by atoms with Crippen LogP contribution in [0.5, 0.6) is 0 Å². The van der Waals surface area contributed by atoms with E-state index in [9.17, 15) is 35.1 Å². The third-order valence-electron chi connectivity index (χ3n) is 9.58. The average molecular weight is 667 g/mol. The van der Waals surface area contributed by atoms with E-state index >= 15 is 0 Å². The van der Waals surface area contributed by atoms with Crippen LogP contribution in [0.25, 0.3) is 6.08 Å². The van der Waals surface area contributed by atoms with Gasteiger partial charge in [-0.2, -0.15) is 0 Å². The molecule has 0 bridgehead atoms. The molecule has 5 N–H and O–H groups in total. The predicted molar refractivity (Wildman–Crippen MR) is 165 cm³/mol. The van der Waals surface area contributed by atoms with Gasteiger partial charge in [-0.05, 0) is 36.7 Å². The molecular formula is C32H46O13Si. The molecule has 2 heterocycles. The molecule has 2 aliphatic heterocycles. The summed E-state index contributed by atoms with van der Waals surface area (Å²) in [6.45, 7) is 11.3. The number of carbonyl (C=O) groups excluding carboxylic acids is 2. The molecule has 46 heavy (non-hydrogen) atoms. The van der Waals surface area contributed by atoms with E-state index in [-0.39, 0.29) is 17.2 Å². The number of rotatable bonds is 9. The van der Waals surface area contributed by atoms with E-state index in [4.69, 9.17) is 28.1 Å². The summed E-state index contributed by atoms with van der Waals surface area (Å²) >= 11 is 0. The Morgan fingerprint density at radius 3 is 2.30 bits per heavy atom.